The molecule has 1 aromatic carbocycles. The number of rotatable bonds is 3. The molecule has 120 valence electrons. The maximum Gasteiger partial charge on any atom is 0.163 e. The van der Waals surface area contributed by atoms with Gasteiger partial charge in [0.2, 0.25) is 0 Å². The Labute approximate surface area is 138 Å². The largest absolute Gasteiger partial charge is 0.376 e. The molecule has 1 fully saturated rings. The number of thiazole rings is 1. The lowest BCUT2D eigenvalue weighted by atomic mass is 10.2. The van der Waals surface area contributed by atoms with Crippen LogP contribution in [0.2, 0.25) is 0 Å². The third-order valence-corrected chi connectivity index (χ3v) is 4.75. The van der Waals surface area contributed by atoms with Gasteiger partial charge in [0.15, 0.2) is 11.6 Å². The summed E-state index contributed by atoms with van der Waals surface area (Å²) in [5.74, 6) is 1.62. The van der Waals surface area contributed by atoms with Crippen molar-refractivity contribution >= 4 is 21.6 Å². The van der Waals surface area contributed by atoms with E-state index < -0.39 is 0 Å². The second-order valence-electron chi connectivity index (χ2n) is 5.47. The van der Waals surface area contributed by atoms with E-state index >= 15 is 0 Å². The number of nitrogens with zero attached hydrogens (tertiary/aromatic N) is 4. The zero-order chi connectivity index (χ0) is 15.8. The number of hydrogen-bond acceptors (Lipinski definition) is 6. The molecule has 0 aliphatic carbocycles. The SMILES string of the molecule is CCc1nc([C@@H]2COCCO2)n(-c2ccc3nc(C)sc3c2)n1. The van der Waals surface area contributed by atoms with Crippen LogP contribution in [0.4, 0.5) is 0 Å². The van der Waals surface area contributed by atoms with Gasteiger partial charge in [0, 0.05) is 6.42 Å². The number of aryl methyl sites for hydroxylation is 2. The molecule has 0 radical (unpaired) electrons. The fourth-order valence-corrected chi connectivity index (χ4v) is 3.57. The third-order valence-electron chi connectivity index (χ3n) is 3.82. The third kappa shape index (κ3) is 2.75. The molecule has 0 bridgehead atoms. The Hall–Kier alpha value is -1.83. The lowest BCUT2D eigenvalue weighted by Crippen LogP contribution is -2.24. The summed E-state index contributed by atoms with van der Waals surface area (Å²) in [5.41, 5.74) is 2.00. The molecule has 0 unspecified atom stereocenters. The Morgan fingerprint density at radius 2 is 2.22 bits per heavy atom. The molecule has 7 heteroatoms. The second-order valence-corrected chi connectivity index (χ2v) is 6.71. The summed E-state index contributed by atoms with van der Waals surface area (Å²) in [6.45, 7) is 5.82. The standard InChI is InChI=1S/C16H18N4O2S/c1-3-15-18-16(13-9-21-6-7-22-13)20(19-15)11-4-5-12-14(8-11)23-10(2)17-12/h4-5,8,13H,3,6-7,9H2,1-2H3/t13-/m0/s1. The lowest BCUT2D eigenvalue weighted by Gasteiger charge is -2.22. The summed E-state index contributed by atoms with van der Waals surface area (Å²) in [7, 11) is 0. The maximum absolute atomic E-state index is 5.82. The molecule has 3 heterocycles. The molecule has 0 amide bonds. The quantitative estimate of drug-likeness (QED) is 0.739. The minimum absolute atomic E-state index is 0.171. The smallest absolute Gasteiger partial charge is 0.163 e. The van der Waals surface area contributed by atoms with Crippen molar-refractivity contribution in [2.24, 2.45) is 0 Å². The van der Waals surface area contributed by atoms with Gasteiger partial charge in [-0.05, 0) is 25.1 Å². The van der Waals surface area contributed by atoms with Crippen molar-refractivity contribution in [1.82, 2.24) is 19.7 Å². The zero-order valence-electron chi connectivity index (χ0n) is 13.2. The van der Waals surface area contributed by atoms with E-state index in [-0.39, 0.29) is 6.10 Å². The minimum atomic E-state index is -0.171. The fourth-order valence-electron chi connectivity index (χ4n) is 2.71. The van der Waals surface area contributed by atoms with E-state index in [2.05, 4.69) is 28.1 Å². The molecular weight excluding hydrogens is 312 g/mol. The first-order chi connectivity index (χ1) is 11.2. The van der Waals surface area contributed by atoms with E-state index in [9.17, 15) is 0 Å². The predicted octanol–water partition coefficient (Wildman–Crippen LogP) is 2.84. The van der Waals surface area contributed by atoms with Gasteiger partial charge in [-0.1, -0.05) is 6.92 Å². The number of aromatic nitrogens is 4. The van der Waals surface area contributed by atoms with Crippen LogP contribution in [0.5, 0.6) is 0 Å². The van der Waals surface area contributed by atoms with E-state index in [1.807, 2.05) is 23.7 Å². The highest BCUT2D eigenvalue weighted by Crippen LogP contribution is 2.27. The van der Waals surface area contributed by atoms with Crippen molar-refractivity contribution in [2.75, 3.05) is 19.8 Å². The number of ether oxygens (including phenoxy) is 2. The number of benzene rings is 1. The van der Waals surface area contributed by atoms with Crippen LogP contribution in [0.15, 0.2) is 18.2 Å². The molecule has 1 aliphatic heterocycles. The van der Waals surface area contributed by atoms with Crippen LogP contribution in [-0.4, -0.2) is 39.6 Å². The average molecular weight is 330 g/mol. The number of hydrogen-bond donors (Lipinski definition) is 0. The highest BCUT2D eigenvalue weighted by molar-refractivity contribution is 7.18. The van der Waals surface area contributed by atoms with Gasteiger partial charge in [-0.25, -0.2) is 14.6 Å². The van der Waals surface area contributed by atoms with Crippen LogP contribution in [0.25, 0.3) is 15.9 Å². The number of fused-ring (bicyclic) bond motifs is 1. The predicted molar refractivity (Wildman–Crippen MR) is 88.2 cm³/mol. The van der Waals surface area contributed by atoms with Gasteiger partial charge in [-0.2, -0.15) is 5.10 Å². The molecular formula is C16H18N4O2S. The van der Waals surface area contributed by atoms with E-state index in [1.54, 1.807) is 11.3 Å². The van der Waals surface area contributed by atoms with E-state index in [0.29, 0.717) is 19.8 Å². The van der Waals surface area contributed by atoms with Gasteiger partial charge in [-0.3, -0.25) is 0 Å². The van der Waals surface area contributed by atoms with Gasteiger partial charge in [0.1, 0.15) is 6.10 Å². The van der Waals surface area contributed by atoms with Gasteiger partial charge < -0.3 is 9.47 Å². The van der Waals surface area contributed by atoms with Gasteiger partial charge >= 0.3 is 0 Å². The summed E-state index contributed by atoms with van der Waals surface area (Å²) >= 11 is 1.69. The van der Waals surface area contributed by atoms with Crippen molar-refractivity contribution < 1.29 is 9.47 Å². The highest BCUT2D eigenvalue weighted by Gasteiger charge is 2.24. The van der Waals surface area contributed by atoms with Gasteiger partial charge in [0.25, 0.3) is 0 Å². The molecule has 1 saturated heterocycles. The van der Waals surface area contributed by atoms with Crippen LogP contribution in [-0.2, 0) is 15.9 Å². The van der Waals surface area contributed by atoms with Gasteiger partial charge in [-0.15, -0.1) is 11.3 Å². The Bertz CT molecular complexity index is 836. The van der Waals surface area contributed by atoms with Crippen LogP contribution in [0.1, 0.15) is 29.7 Å². The summed E-state index contributed by atoms with van der Waals surface area (Å²) < 4.78 is 14.4. The Balaban J connectivity index is 1.80. The molecule has 0 saturated carbocycles. The Morgan fingerprint density at radius 1 is 1.30 bits per heavy atom. The van der Waals surface area contributed by atoms with E-state index in [1.165, 1.54) is 0 Å². The zero-order valence-corrected chi connectivity index (χ0v) is 14.0. The molecule has 1 atom stereocenters. The molecule has 0 N–H and O–H groups in total. The van der Waals surface area contributed by atoms with Crippen LogP contribution < -0.4 is 0 Å². The molecule has 3 aromatic rings. The van der Waals surface area contributed by atoms with Crippen molar-refractivity contribution in [3.8, 4) is 5.69 Å². The first kappa shape index (κ1) is 14.7. The van der Waals surface area contributed by atoms with Gasteiger partial charge in [0.05, 0.1) is 40.7 Å². The normalized spacial score (nSPS) is 18.6. The summed E-state index contributed by atoms with van der Waals surface area (Å²) in [6, 6.07) is 6.17. The monoisotopic (exact) mass is 330 g/mol. The van der Waals surface area contributed by atoms with Crippen LogP contribution in [0.3, 0.4) is 0 Å². The second kappa shape index (κ2) is 5.99. The van der Waals surface area contributed by atoms with Crippen LogP contribution >= 0.6 is 11.3 Å². The van der Waals surface area contributed by atoms with E-state index in [0.717, 1.165) is 39.0 Å². The van der Waals surface area contributed by atoms with Crippen molar-refractivity contribution in [1.29, 1.82) is 0 Å². The fraction of sp³-hybridized carbons (Fsp3) is 0.438. The summed E-state index contributed by atoms with van der Waals surface area (Å²) in [6.07, 6.45) is 0.616. The molecule has 1 aliphatic rings. The van der Waals surface area contributed by atoms with Crippen molar-refractivity contribution in [3.63, 3.8) is 0 Å². The van der Waals surface area contributed by atoms with Crippen molar-refractivity contribution in [3.05, 3.63) is 34.9 Å². The molecule has 0 spiro atoms. The van der Waals surface area contributed by atoms with Crippen molar-refractivity contribution in [2.45, 2.75) is 26.4 Å². The molecule has 6 nitrogen and oxygen atoms in total. The molecule has 23 heavy (non-hydrogen) atoms. The summed E-state index contributed by atoms with van der Waals surface area (Å²) in [5, 5.41) is 5.71. The highest BCUT2D eigenvalue weighted by atomic mass is 32.1. The lowest BCUT2D eigenvalue weighted by molar-refractivity contribution is -0.0942. The molecule has 4 rings (SSSR count). The molecule has 2 aromatic heterocycles. The topological polar surface area (TPSA) is 62.1 Å². The first-order valence-electron chi connectivity index (χ1n) is 7.77. The average Bonchev–Trinajstić information content (AvgIpc) is 3.17. The van der Waals surface area contributed by atoms with E-state index in [4.69, 9.17) is 9.47 Å². The van der Waals surface area contributed by atoms with Crippen LogP contribution in [0, 0.1) is 6.92 Å². The summed E-state index contributed by atoms with van der Waals surface area (Å²) in [4.78, 5) is 9.16. The maximum atomic E-state index is 5.82. The minimum Gasteiger partial charge on any atom is -0.376 e. The first-order valence-corrected chi connectivity index (χ1v) is 8.59. The Morgan fingerprint density at radius 3 is 3.00 bits per heavy atom. The Kier molecular flexibility index (Phi) is 3.84.